The fourth-order valence-corrected chi connectivity index (χ4v) is 2.77. The Morgan fingerprint density at radius 1 is 1.33 bits per heavy atom. The summed E-state index contributed by atoms with van der Waals surface area (Å²) in [6.07, 6.45) is 3.42. The van der Waals surface area contributed by atoms with E-state index in [1.807, 2.05) is 0 Å². The summed E-state index contributed by atoms with van der Waals surface area (Å²) in [5.74, 6) is 0. The number of nitrogens with one attached hydrogen (secondary N) is 1. The molecule has 0 aliphatic carbocycles. The van der Waals surface area contributed by atoms with Gasteiger partial charge >= 0.3 is 15.5 Å². The molecule has 6 nitrogen and oxygen atoms in total. The van der Waals surface area contributed by atoms with Crippen LogP contribution in [0.4, 0.5) is 18.9 Å². The monoisotopic (exact) mass is 421 g/mol. The highest BCUT2D eigenvalue weighted by Gasteiger charge is 2.46. The first-order valence-electron chi connectivity index (χ1n) is 7.61. The minimum Gasteiger partial charge on any atom is -0.391 e. The molecule has 0 atom stereocenters. The van der Waals surface area contributed by atoms with Crippen molar-refractivity contribution in [3.63, 3.8) is 0 Å². The zero-order chi connectivity index (χ0) is 20.1. The second-order valence-electron chi connectivity index (χ2n) is 5.27. The first-order chi connectivity index (χ1) is 12.6. The number of sulfonamides is 1. The lowest BCUT2D eigenvalue weighted by Crippen LogP contribution is -2.30. The summed E-state index contributed by atoms with van der Waals surface area (Å²) >= 11 is 5.91. The van der Waals surface area contributed by atoms with Crippen LogP contribution in [0.25, 0.3) is 0 Å². The minimum absolute atomic E-state index is 0.0848. The number of oxime groups is 1. The number of hydrogen-bond acceptors (Lipinski definition) is 5. The molecule has 0 aliphatic rings. The van der Waals surface area contributed by atoms with Crippen molar-refractivity contribution < 1.29 is 26.4 Å². The van der Waals surface area contributed by atoms with Gasteiger partial charge in [0.05, 0.1) is 11.4 Å². The maximum atomic E-state index is 12.7. The number of aromatic nitrogens is 1. The second-order valence-corrected chi connectivity index (χ2v) is 7.38. The number of anilines is 1. The molecule has 1 N–H and O–H groups in total. The molecule has 1 heterocycles. The highest BCUT2D eigenvalue weighted by molar-refractivity contribution is 7.93. The zero-order valence-electron chi connectivity index (χ0n) is 14.0. The summed E-state index contributed by atoms with van der Waals surface area (Å²) in [4.78, 5) is 9.15. The largest absolute Gasteiger partial charge is 0.516 e. The highest BCUT2D eigenvalue weighted by Crippen LogP contribution is 2.29. The van der Waals surface area contributed by atoms with Gasteiger partial charge < -0.3 is 4.84 Å². The lowest BCUT2D eigenvalue weighted by molar-refractivity contribution is -0.0429. The van der Waals surface area contributed by atoms with Crippen molar-refractivity contribution in [1.29, 1.82) is 0 Å². The molecule has 0 unspecified atom stereocenters. The van der Waals surface area contributed by atoms with E-state index in [0.29, 0.717) is 0 Å². The molecule has 11 heteroatoms. The van der Waals surface area contributed by atoms with Crippen LogP contribution in [0, 0.1) is 0 Å². The summed E-state index contributed by atoms with van der Waals surface area (Å²) < 4.78 is 62.4. The second kappa shape index (κ2) is 8.57. The molecule has 2 aromatic rings. The third-order valence-electron chi connectivity index (χ3n) is 3.31. The molecule has 0 spiro atoms. The molecule has 0 saturated heterocycles. The lowest BCUT2D eigenvalue weighted by atomic mass is 10.1. The van der Waals surface area contributed by atoms with E-state index in [4.69, 9.17) is 16.4 Å². The van der Waals surface area contributed by atoms with Crippen molar-refractivity contribution in [3.05, 3.63) is 58.9 Å². The number of halogens is 4. The van der Waals surface area contributed by atoms with Crippen LogP contribution in [-0.4, -0.2) is 24.6 Å². The van der Waals surface area contributed by atoms with Crippen molar-refractivity contribution in [2.75, 3.05) is 4.72 Å². The Labute approximate surface area is 159 Å². The number of pyridine rings is 1. The Bertz CT molecular complexity index is 919. The molecule has 0 fully saturated rings. The van der Waals surface area contributed by atoms with E-state index in [1.165, 1.54) is 16.9 Å². The van der Waals surface area contributed by atoms with Crippen LogP contribution in [0.5, 0.6) is 0 Å². The summed E-state index contributed by atoms with van der Waals surface area (Å²) in [6, 6.07) is 7.18. The fraction of sp³-hybridized carbons (Fsp3) is 0.250. The van der Waals surface area contributed by atoms with E-state index >= 15 is 0 Å². The number of hydrogen-bond donors (Lipinski definition) is 1. The van der Waals surface area contributed by atoms with E-state index in [9.17, 15) is 21.6 Å². The Hall–Kier alpha value is -2.33. The first-order valence-corrected chi connectivity index (χ1v) is 9.47. The Balaban J connectivity index is 2.31. The van der Waals surface area contributed by atoms with Gasteiger partial charge in [-0.25, -0.2) is 0 Å². The van der Waals surface area contributed by atoms with Crippen LogP contribution >= 0.6 is 11.6 Å². The summed E-state index contributed by atoms with van der Waals surface area (Å²) in [5.41, 5.74) is -4.71. The van der Waals surface area contributed by atoms with Gasteiger partial charge in [-0.1, -0.05) is 29.7 Å². The normalized spacial score (nSPS) is 12.7. The topological polar surface area (TPSA) is 80.7 Å². The Kier molecular flexibility index (Phi) is 6.66. The molecule has 1 aromatic heterocycles. The average molecular weight is 422 g/mol. The van der Waals surface area contributed by atoms with Crippen molar-refractivity contribution in [1.82, 2.24) is 4.98 Å². The van der Waals surface area contributed by atoms with Gasteiger partial charge in [0.15, 0.2) is 0 Å². The molecule has 146 valence electrons. The van der Waals surface area contributed by atoms with Gasteiger partial charge in [-0.15, -0.1) is 0 Å². The molecular weight excluding hydrogens is 407 g/mol. The third kappa shape index (κ3) is 5.57. The van der Waals surface area contributed by atoms with Gasteiger partial charge in [0.1, 0.15) is 6.61 Å². The van der Waals surface area contributed by atoms with E-state index in [1.54, 1.807) is 31.5 Å². The molecule has 27 heavy (non-hydrogen) atoms. The van der Waals surface area contributed by atoms with Crippen LogP contribution in [-0.2, 0) is 21.5 Å². The molecule has 0 amide bonds. The minimum atomic E-state index is -5.59. The average Bonchev–Trinajstić information content (AvgIpc) is 2.60. The predicted octanol–water partition coefficient (Wildman–Crippen LogP) is 4.33. The number of rotatable bonds is 7. The van der Waals surface area contributed by atoms with Crippen LogP contribution in [0.2, 0.25) is 5.02 Å². The number of nitrogens with zero attached hydrogens (tertiary/aromatic N) is 2. The van der Waals surface area contributed by atoms with Gasteiger partial charge in [-0.05, 0) is 30.7 Å². The SMILES string of the molecule is CCC(=NOCc1cccnc1)c1cc(Cl)ccc1NS(=O)(=O)C(F)(F)F. The van der Waals surface area contributed by atoms with Gasteiger partial charge in [0, 0.05) is 28.5 Å². The smallest absolute Gasteiger partial charge is 0.391 e. The lowest BCUT2D eigenvalue weighted by Gasteiger charge is -2.15. The summed E-state index contributed by atoms with van der Waals surface area (Å²) in [7, 11) is -5.59. The van der Waals surface area contributed by atoms with Crippen molar-refractivity contribution in [3.8, 4) is 0 Å². The predicted molar refractivity (Wildman–Crippen MR) is 95.9 cm³/mol. The Morgan fingerprint density at radius 2 is 2.07 bits per heavy atom. The fourth-order valence-electron chi connectivity index (χ4n) is 2.02. The maximum Gasteiger partial charge on any atom is 0.516 e. The molecule has 0 saturated carbocycles. The summed E-state index contributed by atoms with van der Waals surface area (Å²) in [5, 5.41) is 4.12. The number of alkyl halides is 3. The highest BCUT2D eigenvalue weighted by atomic mass is 35.5. The van der Waals surface area contributed by atoms with Gasteiger partial charge in [-0.3, -0.25) is 9.71 Å². The van der Waals surface area contributed by atoms with E-state index in [2.05, 4.69) is 10.1 Å². The molecule has 0 radical (unpaired) electrons. The molecular formula is C16H15ClF3N3O3S. The number of benzene rings is 1. The van der Waals surface area contributed by atoms with Crippen LogP contribution in [0.3, 0.4) is 0 Å². The maximum absolute atomic E-state index is 12.7. The van der Waals surface area contributed by atoms with E-state index < -0.39 is 15.5 Å². The van der Waals surface area contributed by atoms with Gasteiger partial charge in [0.25, 0.3) is 0 Å². The molecule has 2 rings (SSSR count). The van der Waals surface area contributed by atoms with Crippen molar-refractivity contribution >= 4 is 33.0 Å². The zero-order valence-corrected chi connectivity index (χ0v) is 15.6. The van der Waals surface area contributed by atoms with Gasteiger partial charge in [0.2, 0.25) is 0 Å². The summed E-state index contributed by atoms with van der Waals surface area (Å²) in [6.45, 7) is 1.77. The van der Waals surface area contributed by atoms with Crippen molar-refractivity contribution in [2.45, 2.75) is 25.5 Å². The van der Waals surface area contributed by atoms with E-state index in [-0.39, 0.29) is 35.0 Å². The third-order valence-corrected chi connectivity index (χ3v) is 4.64. The quantitative estimate of drug-likeness (QED) is 0.533. The van der Waals surface area contributed by atoms with Crippen molar-refractivity contribution in [2.24, 2.45) is 5.16 Å². The first kappa shape index (κ1) is 21.0. The Morgan fingerprint density at radius 3 is 2.67 bits per heavy atom. The molecule has 0 aliphatic heterocycles. The van der Waals surface area contributed by atoms with Crippen LogP contribution in [0.1, 0.15) is 24.5 Å². The molecule has 0 bridgehead atoms. The van der Waals surface area contributed by atoms with Crippen LogP contribution in [0.15, 0.2) is 47.9 Å². The van der Waals surface area contributed by atoms with Gasteiger partial charge in [-0.2, -0.15) is 21.6 Å². The standard InChI is InChI=1S/C16H15ClF3N3O3S/c1-2-14(22-26-10-11-4-3-7-21-9-11)13-8-12(17)5-6-15(13)23-27(24,25)16(18,19)20/h3-9,23H,2,10H2,1H3. The van der Waals surface area contributed by atoms with E-state index in [0.717, 1.165) is 11.6 Å². The van der Waals surface area contributed by atoms with Crippen LogP contribution < -0.4 is 4.72 Å². The molecule has 1 aromatic carbocycles.